The number of likely N-dealkylation sites (tertiary alicyclic amines) is 1. The summed E-state index contributed by atoms with van der Waals surface area (Å²) >= 11 is 1.58. The van der Waals surface area contributed by atoms with E-state index in [4.69, 9.17) is 5.11 Å². The Labute approximate surface area is 147 Å². The molecule has 2 heterocycles. The molecular formula is C18H25N3O2S. The lowest BCUT2D eigenvalue weighted by molar-refractivity contribution is -0.116. The van der Waals surface area contributed by atoms with E-state index in [1.165, 1.54) is 11.3 Å². The summed E-state index contributed by atoms with van der Waals surface area (Å²) < 4.78 is 0. The summed E-state index contributed by atoms with van der Waals surface area (Å²) in [6, 6.07) is 2.78. The number of aliphatic hydroxyl groups is 1. The quantitative estimate of drug-likeness (QED) is 0.795. The van der Waals surface area contributed by atoms with Crippen molar-refractivity contribution in [3.63, 3.8) is 0 Å². The molecule has 5 nitrogen and oxygen atoms in total. The number of thiophene rings is 1. The van der Waals surface area contributed by atoms with Crippen LogP contribution < -0.4 is 5.32 Å². The lowest BCUT2D eigenvalue weighted by Crippen LogP contribution is -2.32. The highest BCUT2D eigenvalue weighted by Gasteiger charge is 2.25. The first-order valence-corrected chi connectivity index (χ1v) is 9.74. The van der Waals surface area contributed by atoms with Crippen LogP contribution in [0.4, 0.5) is 5.00 Å². The second-order valence-electron chi connectivity index (χ2n) is 6.67. The van der Waals surface area contributed by atoms with Gasteiger partial charge in [-0.15, -0.1) is 11.3 Å². The Kier molecular flexibility index (Phi) is 5.88. The molecule has 1 amide bonds. The van der Waals surface area contributed by atoms with E-state index in [0.717, 1.165) is 62.2 Å². The molecule has 2 aliphatic rings. The van der Waals surface area contributed by atoms with E-state index in [1.807, 2.05) is 0 Å². The van der Waals surface area contributed by atoms with Crippen molar-refractivity contribution in [2.75, 3.05) is 25.0 Å². The van der Waals surface area contributed by atoms with E-state index in [-0.39, 0.29) is 12.5 Å². The average molecular weight is 347 g/mol. The number of nitrogens with one attached hydrogen (secondary N) is 1. The van der Waals surface area contributed by atoms with Gasteiger partial charge in [-0.1, -0.05) is 0 Å². The van der Waals surface area contributed by atoms with E-state index in [0.29, 0.717) is 18.0 Å². The molecule has 6 heteroatoms. The monoisotopic (exact) mass is 347 g/mol. The SMILES string of the molecule is N#Cc1c(NC(=O)CCN2CCCC2CCCO)sc2c1CCC2. The molecule has 0 spiro atoms. The smallest absolute Gasteiger partial charge is 0.226 e. The third kappa shape index (κ3) is 3.80. The van der Waals surface area contributed by atoms with Gasteiger partial charge in [0.05, 0.1) is 5.56 Å². The normalized spacial score (nSPS) is 20.1. The van der Waals surface area contributed by atoms with Gasteiger partial charge in [0.2, 0.25) is 5.91 Å². The molecule has 1 atom stereocenters. The molecule has 130 valence electrons. The minimum atomic E-state index is -0.000711. The second kappa shape index (κ2) is 8.11. The van der Waals surface area contributed by atoms with E-state index >= 15 is 0 Å². The zero-order chi connectivity index (χ0) is 16.9. The summed E-state index contributed by atoms with van der Waals surface area (Å²) in [7, 11) is 0. The number of aliphatic hydroxyl groups excluding tert-OH is 1. The van der Waals surface area contributed by atoms with Crippen molar-refractivity contribution < 1.29 is 9.90 Å². The van der Waals surface area contributed by atoms with Gasteiger partial charge in [-0.3, -0.25) is 9.69 Å². The number of rotatable bonds is 7. The largest absolute Gasteiger partial charge is 0.396 e. The van der Waals surface area contributed by atoms with Gasteiger partial charge in [-0.2, -0.15) is 5.26 Å². The zero-order valence-electron chi connectivity index (χ0n) is 14.0. The third-order valence-corrected chi connectivity index (χ3v) is 6.31. The predicted molar refractivity (Wildman–Crippen MR) is 95.2 cm³/mol. The first-order chi connectivity index (χ1) is 11.7. The standard InChI is InChI=1S/C18H25N3O2S/c19-12-15-14-6-1-7-16(14)24-18(15)20-17(23)8-10-21-9-2-4-13(21)5-3-11-22/h13,22H,1-11H2,(H,20,23). The van der Waals surface area contributed by atoms with Crippen molar-refractivity contribution in [1.29, 1.82) is 5.26 Å². The van der Waals surface area contributed by atoms with E-state index < -0.39 is 0 Å². The molecule has 1 aromatic heterocycles. The summed E-state index contributed by atoms with van der Waals surface area (Å²) in [4.78, 5) is 15.9. The maximum absolute atomic E-state index is 12.3. The fraction of sp³-hybridized carbons (Fsp3) is 0.667. The van der Waals surface area contributed by atoms with Crippen molar-refractivity contribution >= 4 is 22.2 Å². The molecule has 1 aromatic rings. The van der Waals surface area contributed by atoms with Crippen LogP contribution in [0.1, 0.15) is 54.5 Å². The van der Waals surface area contributed by atoms with Crippen LogP contribution >= 0.6 is 11.3 Å². The molecular weight excluding hydrogens is 322 g/mol. The van der Waals surface area contributed by atoms with Crippen LogP contribution in [0.25, 0.3) is 0 Å². The molecule has 3 rings (SSSR count). The number of anilines is 1. The average Bonchev–Trinajstić information content (AvgIpc) is 3.26. The molecule has 0 saturated carbocycles. The minimum absolute atomic E-state index is 0.000711. The van der Waals surface area contributed by atoms with Crippen molar-refractivity contribution in [1.82, 2.24) is 4.90 Å². The van der Waals surface area contributed by atoms with Crippen molar-refractivity contribution in [2.45, 2.75) is 57.4 Å². The predicted octanol–water partition coefficient (Wildman–Crippen LogP) is 2.67. The highest BCUT2D eigenvalue weighted by atomic mass is 32.1. The molecule has 0 aromatic carbocycles. The maximum Gasteiger partial charge on any atom is 0.226 e. The van der Waals surface area contributed by atoms with Gasteiger partial charge in [0.15, 0.2) is 0 Å². The number of aryl methyl sites for hydroxylation is 1. The van der Waals surface area contributed by atoms with Gasteiger partial charge < -0.3 is 10.4 Å². The summed E-state index contributed by atoms with van der Waals surface area (Å²) in [5.74, 6) is -0.000711. The molecule has 0 radical (unpaired) electrons. The summed E-state index contributed by atoms with van der Waals surface area (Å²) in [5.41, 5.74) is 1.84. The lowest BCUT2D eigenvalue weighted by Gasteiger charge is -2.23. The molecule has 1 fully saturated rings. The first kappa shape index (κ1) is 17.4. The summed E-state index contributed by atoms with van der Waals surface area (Å²) in [6.07, 6.45) is 7.76. The van der Waals surface area contributed by atoms with Gasteiger partial charge in [-0.25, -0.2) is 0 Å². The molecule has 1 saturated heterocycles. The Morgan fingerprint density at radius 1 is 1.42 bits per heavy atom. The van der Waals surface area contributed by atoms with Crippen molar-refractivity contribution in [3.05, 3.63) is 16.0 Å². The number of hydrogen-bond acceptors (Lipinski definition) is 5. The number of fused-ring (bicyclic) bond motifs is 1. The Morgan fingerprint density at radius 3 is 3.08 bits per heavy atom. The molecule has 1 aliphatic carbocycles. The van der Waals surface area contributed by atoms with Crippen molar-refractivity contribution in [2.24, 2.45) is 0 Å². The third-order valence-electron chi connectivity index (χ3n) is 5.11. The maximum atomic E-state index is 12.3. The van der Waals surface area contributed by atoms with Gasteiger partial charge in [0.25, 0.3) is 0 Å². The van der Waals surface area contributed by atoms with Crippen LogP contribution in [0.15, 0.2) is 0 Å². The Balaban J connectivity index is 1.52. The molecule has 0 bridgehead atoms. The van der Waals surface area contributed by atoms with Gasteiger partial charge in [0, 0.05) is 30.5 Å². The summed E-state index contributed by atoms with van der Waals surface area (Å²) in [6.45, 7) is 2.04. The fourth-order valence-corrected chi connectivity index (χ4v) is 5.14. The molecule has 1 unspecified atom stereocenters. The number of carbonyl (C=O) groups excluding carboxylic acids is 1. The topological polar surface area (TPSA) is 76.4 Å². The molecule has 2 N–H and O–H groups in total. The highest BCUT2D eigenvalue weighted by Crippen LogP contribution is 2.38. The summed E-state index contributed by atoms with van der Waals surface area (Å²) in [5, 5.41) is 22.1. The Bertz CT molecular complexity index is 635. The van der Waals surface area contributed by atoms with E-state index in [2.05, 4.69) is 16.3 Å². The second-order valence-corrected chi connectivity index (χ2v) is 7.77. The molecule has 1 aliphatic heterocycles. The van der Waals surface area contributed by atoms with Crippen LogP contribution in [0.3, 0.4) is 0 Å². The van der Waals surface area contributed by atoms with Crippen LogP contribution in [-0.2, 0) is 17.6 Å². The van der Waals surface area contributed by atoms with Crippen LogP contribution in [0, 0.1) is 11.3 Å². The number of hydrogen-bond donors (Lipinski definition) is 2. The van der Waals surface area contributed by atoms with Crippen LogP contribution in [0.2, 0.25) is 0 Å². The fourth-order valence-electron chi connectivity index (χ4n) is 3.89. The van der Waals surface area contributed by atoms with E-state index in [9.17, 15) is 10.1 Å². The first-order valence-electron chi connectivity index (χ1n) is 8.92. The van der Waals surface area contributed by atoms with Gasteiger partial charge >= 0.3 is 0 Å². The Morgan fingerprint density at radius 2 is 2.29 bits per heavy atom. The Hall–Kier alpha value is -1.42. The lowest BCUT2D eigenvalue weighted by atomic mass is 10.1. The zero-order valence-corrected chi connectivity index (χ0v) is 14.8. The highest BCUT2D eigenvalue weighted by molar-refractivity contribution is 7.16. The minimum Gasteiger partial charge on any atom is -0.396 e. The van der Waals surface area contributed by atoms with Crippen LogP contribution in [0.5, 0.6) is 0 Å². The number of amides is 1. The number of carbonyl (C=O) groups is 1. The number of nitrogens with zero attached hydrogens (tertiary/aromatic N) is 2. The van der Waals surface area contributed by atoms with Gasteiger partial charge in [0.1, 0.15) is 11.1 Å². The van der Waals surface area contributed by atoms with E-state index in [1.54, 1.807) is 11.3 Å². The van der Waals surface area contributed by atoms with Gasteiger partial charge in [-0.05, 0) is 57.1 Å². The van der Waals surface area contributed by atoms with Crippen LogP contribution in [-0.4, -0.2) is 41.7 Å². The van der Waals surface area contributed by atoms with Crippen molar-refractivity contribution in [3.8, 4) is 6.07 Å². The molecule has 24 heavy (non-hydrogen) atoms. The number of nitriles is 1.